The molecule has 1 atom stereocenters. The van der Waals surface area contributed by atoms with Crippen LogP contribution in [0.5, 0.6) is 0 Å². The van der Waals surface area contributed by atoms with Gasteiger partial charge >= 0.3 is 0 Å². The highest BCUT2D eigenvalue weighted by Gasteiger charge is 2.06. The zero-order valence-corrected chi connectivity index (χ0v) is 10.4. The Morgan fingerprint density at radius 2 is 2.19 bits per heavy atom. The van der Waals surface area contributed by atoms with Gasteiger partial charge in [0.1, 0.15) is 5.76 Å². The molecule has 1 N–H and O–H groups in total. The molecule has 0 radical (unpaired) electrons. The fourth-order valence-electron chi connectivity index (χ4n) is 1.39. The van der Waals surface area contributed by atoms with Gasteiger partial charge in [0.25, 0.3) is 0 Å². The SMILES string of the molecule is CC(Cc1ccco1)Nc1ncc(Br)cn1. The molecule has 4 nitrogen and oxygen atoms in total. The van der Waals surface area contributed by atoms with Crippen molar-refractivity contribution in [2.24, 2.45) is 0 Å². The van der Waals surface area contributed by atoms with Crippen molar-refractivity contribution in [2.45, 2.75) is 19.4 Å². The first kappa shape index (κ1) is 11.1. The predicted molar refractivity (Wildman–Crippen MR) is 65.2 cm³/mol. The Balaban J connectivity index is 1.92. The molecule has 1 unspecified atom stereocenters. The maximum Gasteiger partial charge on any atom is 0.222 e. The number of anilines is 1. The Labute approximate surface area is 102 Å². The smallest absolute Gasteiger partial charge is 0.222 e. The summed E-state index contributed by atoms with van der Waals surface area (Å²) in [6, 6.07) is 4.08. The molecular weight excluding hydrogens is 270 g/mol. The van der Waals surface area contributed by atoms with E-state index in [9.17, 15) is 0 Å². The summed E-state index contributed by atoms with van der Waals surface area (Å²) in [6.07, 6.45) is 5.93. The van der Waals surface area contributed by atoms with Gasteiger partial charge in [0, 0.05) is 24.9 Å². The van der Waals surface area contributed by atoms with Crippen LogP contribution in [0.4, 0.5) is 5.95 Å². The molecule has 2 heterocycles. The van der Waals surface area contributed by atoms with E-state index in [1.165, 1.54) is 0 Å². The summed E-state index contributed by atoms with van der Waals surface area (Å²) in [6.45, 7) is 2.06. The molecule has 2 aromatic rings. The lowest BCUT2D eigenvalue weighted by Gasteiger charge is -2.11. The quantitative estimate of drug-likeness (QED) is 0.936. The summed E-state index contributed by atoms with van der Waals surface area (Å²) in [7, 11) is 0. The average Bonchev–Trinajstić information content (AvgIpc) is 2.74. The van der Waals surface area contributed by atoms with Crippen molar-refractivity contribution in [3.63, 3.8) is 0 Å². The van der Waals surface area contributed by atoms with Gasteiger partial charge in [0.15, 0.2) is 0 Å². The van der Waals surface area contributed by atoms with Crippen LogP contribution in [0.25, 0.3) is 0 Å². The van der Waals surface area contributed by atoms with Gasteiger partial charge in [-0.05, 0) is 35.0 Å². The van der Waals surface area contributed by atoms with Crippen LogP contribution in [0.2, 0.25) is 0 Å². The number of hydrogen-bond acceptors (Lipinski definition) is 4. The van der Waals surface area contributed by atoms with Gasteiger partial charge in [-0.15, -0.1) is 0 Å². The topological polar surface area (TPSA) is 51.0 Å². The minimum absolute atomic E-state index is 0.229. The molecule has 0 aliphatic carbocycles. The molecule has 0 spiro atoms. The standard InChI is InChI=1S/C11H12BrN3O/c1-8(5-10-3-2-4-16-10)15-11-13-6-9(12)7-14-11/h2-4,6-8H,5H2,1H3,(H,13,14,15). The maximum atomic E-state index is 5.27. The van der Waals surface area contributed by atoms with Crippen molar-refractivity contribution in [2.75, 3.05) is 5.32 Å². The molecule has 0 amide bonds. The molecule has 0 fully saturated rings. The van der Waals surface area contributed by atoms with E-state index in [2.05, 4.69) is 38.1 Å². The molecule has 0 aromatic carbocycles. The minimum Gasteiger partial charge on any atom is -0.469 e. The van der Waals surface area contributed by atoms with Gasteiger partial charge in [-0.25, -0.2) is 9.97 Å². The molecule has 0 bridgehead atoms. The van der Waals surface area contributed by atoms with E-state index in [0.29, 0.717) is 5.95 Å². The van der Waals surface area contributed by atoms with E-state index in [4.69, 9.17) is 4.42 Å². The molecule has 0 aliphatic rings. The number of furan rings is 1. The number of nitrogens with zero attached hydrogens (tertiary/aromatic N) is 2. The molecule has 0 saturated heterocycles. The van der Waals surface area contributed by atoms with Crippen molar-refractivity contribution >= 4 is 21.9 Å². The number of aromatic nitrogens is 2. The molecule has 0 saturated carbocycles. The second-order valence-electron chi connectivity index (χ2n) is 3.55. The first-order chi connectivity index (χ1) is 7.74. The van der Waals surface area contributed by atoms with Crippen LogP contribution in [0.3, 0.4) is 0 Å². The third-order valence-electron chi connectivity index (χ3n) is 2.08. The molecule has 2 aromatic heterocycles. The van der Waals surface area contributed by atoms with Crippen molar-refractivity contribution < 1.29 is 4.42 Å². The van der Waals surface area contributed by atoms with Crippen LogP contribution >= 0.6 is 15.9 Å². The van der Waals surface area contributed by atoms with Gasteiger partial charge in [0.2, 0.25) is 5.95 Å². The van der Waals surface area contributed by atoms with Gasteiger partial charge in [0.05, 0.1) is 10.7 Å². The van der Waals surface area contributed by atoms with E-state index < -0.39 is 0 Å². The zero-order chi connectivity index (χ0) is 11.4. The van der Waals surface area contributed by atoms with Gasteiger partial charge < -0.3 is 9.73 Å². The first-order valence-corrected chi connectivity index (χ1v) is 5.80. The van der Waals surface area contributed by atoms with Crippen molar-refractivity contribution in [1.29, 1.82) is 0 Å². The minimum atomic E-state index is 0.229. The van der Waals surface area contributed by atoms with Crippen molar-refractivity contribution in [3.05, 3.63) is 41.0 Å². The van der Waals surface area contributed by atoms with E-state index in [0.717, 1.165) is 16.7 Å². The van der Waals surface area contributed by atoms with E-state index in [1.807, 2.05) is 12.1 Å². The highest BCUT2D eigenvalue weighted by molar-refractivity contribution is 9.10. The second-order valence-corrected chi connectivity index (χ2v) is 4.47. The van der Waals surface area contributed by atoms with Crippen LogP contribution in [0.15, 0.2) is 39.7 Å². The highest BCUT2D eigenvalue weighted by atomic mass is 79.9. The molecule has 0 aliphatic heterocycles. The second kappa shape index (κ2) is 5.12. The Hall–Kier alpha value is -1.36. The van der Waals surface area contributed by atoms with E-state index in [1.54, 1.807) is 18.7 Å². The van der Waals surface area contributed by atoms with Crippen molar-refractivity contribution in [1.82, 2.24) is 9.97 Å². The molecule has 16 heavy (non-hydrogen) atoms. The highest BCUT2D eigenvalue weighted by Crippen LogP contribution is 2.10. The van der Waals surface area contributed by atoms with Gasteiger partial charge in [-0.3, -0.25) is 0 Å². The number of nitrogens with one attached hydrogen (secondary N) is 1. The lowest BCUT2D eigenvalue weighted by Crippen LogP contribution is -2.19. The lowest BCUT2D eigenvalue weighted by molar-refractivity contribution is 0.497. The van der Waals surface area contributed by atoms with Crippen LogP contribution in [0.1, 0.15) is 12.7 Å². The fraction of sp³-hybridized carbons (Fsp3) is 0.273. The Morgan fingerprint density at radius 3 is 2.81 bits per heavy atom. The summed E-state index contributed by atoms with van der Waals surface area (Å²) >= 11 is 3.29. The summed E-state index contributed by atoms with van der Waals surface area (Å²) in [5, 5.41) is 3.20. The Kier molecular flexibility index (Phi) is 3.56. The number of halogens is 1. The molecule has 5 heteroatoms. The normalized spacial score (nSPS) is 12.4. The Morgan fingerprint density at radius 1 is 1.44 bits per heavy atom. The molecule has 2 rings (SSSR count). The maximum absolute atomic E-state index is 5.27. The van der Waals surface area contributed by atoms with Crippen LogP contribution in [0, 0.1) is 0 Å². The number of rotatable bonds is 4. The van der Waals surface area contributed by atoms with E-state index in [-0.39, 0.29) is 6.04 Å². The van der Waals surface area contributed by atoms with Crippen molar-refractivity contribution in [3.8, 4) is 0 Å². The summed E-state index contributed by atoms with van der Waals surface area (Å²) in [4.78, 5) is 8.30. The van der Waals surface area contributed by atoms with E-state index >= 15 is 0 Å². The third kappa shape index (κ3) is 3.06. The summed E-state index contributed by atoms with van der Waals surface area (Å²) < 4.78 is 6.14. The van der Waals surface area contributed by atoms with Gasteiger partial charge in [-0.2, -0.15) is 0 Å². The third-order valence-corrected chi connectivity index (χ3v) is 2.49. The summed E-state index contributed by atoms with van der Waals surface area (Å²) in [5.41, 5.74) is 0. The largest absolute Gasteiger partial charge is 0.469 e. The van der Waals surface area contributed by atoms with Gasteiger partial charge in [-0.1, -0.05) is 0 Å². The number of hydrogen-bond donors (Lipinski definition) is 1. The lowest BCUT2D eigenvalue weighted by atomic mass is 10.2. The predicted octanol–water partition coefficient (Wildman–Crippen LogP) is 2.88. The monoisotopic (exact) mass is 281 g/mol. The zero-order valence-electron chi connectivity index (χ0n) is 8.85. The van der Waals surface area contributed by atoms with Crippen LogP contribution in [-0.4, -0.2) is 16.0 Å². The summed E-state index contributed by atoms with van der Waals surface area (Å²) in [5.74, 6) is 1.58. The average molecular weight is 282 g/mol. The first-order valence-electron chi connectivity index (χ1n) is 5.00. The van der Waals surface area contributed by atoms with Crippen LogP contribution < -0.4 is 5.32 Å². The molecular formula is C11H12BrN3O. The molecule has 84 valence electrons. The Bertz CT molecular complexity index is 427. The fourth-order valence-corrected chi connectivity index (χ4v) is 1.59. The van der Waals surface area contributed by atoms with Crippen LogP contribution in [-0.2, 0) is 6.42 Å².